The number of anilines is 1. The fourth-order valence-electron chi connectivity index (χ4n) is 2.17. The van der Waals surface area contributed by atoms with Crippen LogP contribution in [-0.2, 0) is 4.74 Å². The van der Waals surface area contributed by atoms with Crippen molar-refractivity contribution in [1.29, 1.82) is 0 Å². The van der Waals surface area contributed by atoms with Crippen molar-refractivity contribution >= 4 is 11.6 Å². The molecule has 0 aliphatic carbocycles. The Morgan fingerprint density at radius 1 is 1.50 bits per heavy atom. The van der Waals surface area contributed by atoms with Crippen LogP contribution in [0.25, 0.3) is 0 Å². The van der Waals surface area contributed by atoms with Gasteiger partial charge in [-0.15, -0.1) is 0 Å². The SMILES string of the molecule is COc1ccc(N)cc1C(=O)NCC1(O)CCOCC1. The van der Waals surface area contributed by atoms with Crippen molar-refractivity contribution in [2.45, 2.75) is 18.4 Å². The Bertz CT molecular complexity index is 484. The van der Waals surface area contributed by atoms with Crippen LogP contribution in [0.1, 0.15) is 23.2 Å². The molecule has 1 aromatic rings. The maximum absolute atomic E-state index is 12.2. The minimum atomic E-state index is -0.901. The number of methoxy groups -OCH3 is 1. The molecule has 1 heterocycles. The molecular weight excluding hydrogens is 260 g/mol. The number of carbonyl (C=O) groups is 1. The van der Waals surface area contributed by atoms with Crippen LogP contribution < -0.4 is 15.8 Å². The minimum Gasteiger partial charge on any atom is -0.496 e. The number of benzene rings is 1. The molecule has 20 heavy (non-hydrogen) atoms. The molecule has 6 heteroatoms. The van der Waals surface area contributed by atoms with Crippen molar-refractivity contribution in [2.24, 2.45) is 0 Å². The van der Waals surface area contributed by atoms with Gasteiger partial charge in [-0.25, -0.2) is 0 Å². The molecule has 1 aliphatic rings. The summed E-state index contributed by atoms with van der Waals surface area (Å²) in [7, 11) is 1.49. The van der Waals surface area contributed by atoms with E-state index in [2.05, 4.69) is 5.32 Å². The standard InChI is InChI=1S/C14H20N2O4/c1-19-12-3-2-10(15)8-11(12)13(17)16-9-14(18)4-6-20-7-5-14/h2-3,8,18H,4-7,9,15H2,1H3,(H,16,17). The number of nitrogens with one attached hydrogen (secondary N) is 1. The molecule has 1 saturated heterocycles. The van der Waals surface area contributed by atoms with Crippen LogP contribution in [0.15, 0.2) is 18.2 Å². The van der Waals surface area contributed by atoms with E-state index >= 15 is 0 Å². The minimum absolute atomic E-state index is 0.188. The van der Waals surface area contributed by atoms with Crippen LogP contribution in [-0.4, -0.2) is 43.5 Å². The lowest BCUT2D eigenvalue weighted by Gasteiger charge is -2.32. The Morgan fingerprint density at radius 2 is 2.20 bits per heavy atom. The molecule has 2 rings (SSSR count). The lowest BCUT2D eigenvalue weighted by molar-refractivity contribution is -0.0605. The van der Waals surface area contributed by atoms with Crippen molar-refractivity contribution < 1.29 is 19.4 Å². The van der Waals surface area contributed by atoms with Gasteiger partial charge in [0.1, 0.15) is 5.75 Å². The van der Waals surface area contributed by atoms with Crippen LogP contribution in [0, 0.1) is 0 Å². The smallest absolute Gasteiger partial charge is 0.255 e. The van der Waals surface area contributed by atoms with Crippen LogP contribution in [0.3, 0.4) is 0 Å². The molecule has 0 aromatic heterocycles. The summed E-state index contributed by atoms with van der Waals surface area (Å²) in [6.07, 6.45) is 1.03. The first kappa shape index (κ1) is 14.6. The predicted octanol–water partition coefficient (Wildman–Crippen LogP) is 0.549. The van der Waals surface area contributed by atoms with Crippen molar-refractivity contribution in [3.63, 3.8) is 0 Å². The average Bonchev–Trinajstić information content (AvgIpc) is 2.45. The van der Waals surface area contributed by atoms with Gasteiger partial charge in [0.25, 0.3) is 5.91 Å². The summed E-state index contributed by atoms with van der Waals surface area (Å²) >= 11 is 0. The van der Waals surface area contributed by atoms with E-state index in [1.165, 1.54) is 7.11 Å². The summed E-state index contributed by atoms with van der Waals surface area (Å²) in [5, 5.41) is 13.0. The summed E-state index contributed by atoms with van der Waals surface area (Å²) in [6, 6.07) is 4.87. The van der Waals surface area contributed by atoms with Crippen molar-refractivity contribution in [3.05, 3.63) is 23.8 Å². The van der Waals surface area contributed by atoms with E-state index in [1.54, 1.807) is 18.2 Å². The summed E-state index contributed by atoms with van der Waals surface area (Å²) in [5.74, 6) is 0.143. The van der Waals surface area contributed by atoms with Gasteiger partial charge in [-0.2, -0.15) is 0 Å². The Kier molecular flexibility index (Phi) is 4.46. The van der Waals surface area contributed by atoms with Crippen molar-refractivity contribution in [1.82, 2.24) is 5.32 Å². The van der Waals surface area contributed by atoms with Gasteiger partial charge in [-0.1, -0.05) is 0 Å². The number of rotatable bonds is 4. The van der Waals surface area contributed by atoms with E-state index in [0.29, 0.717) is 43.1 Å². The molecule has 0 saturated carbocycles. The van der Waals surface area contributed by atoms with E-state index in [9.17, 15) is 9.90 Å². The molecule has 110 valence electrons. The lowest BCUT2D eigenvalue weighted by Crippen LogP contribution is -2.46. The maximum Gasteiger partial charge on any atom is 0.255 e. The zero-order valence-corrected chi connectivity index (χ0v) is 11.5. The summed E-state index contributed by atoms with van der Waals surface area (Å²) in [5.41, 5.74) is 5.63. The number of hydrogen-bond acceptors (Lipinski definition) is 5. The first-order valence-corrected chi connectivity index (χ1v) is 6.56. The highest BCUT2D eigenvalue weighted by molar-refractivity contribution is 5.97. The van der Waals surface area contributed by atoms with E-state index in [4.69, 9.17) is 15.2 Å². The van der Waals surface area contributed by atoms with Crippen LogP contribution in [0.5, 0.6) is 5.75 Å². The fraction of sp³-hybridized carbons (Fsp3) is 0.500. The monoisotopic (exact) mass is 280 g/mol. The van der Waals surface area contributed by atoms with Gasteiger partial charge in [-0.3, -0.25) is 4.79 Å². The molecule has 1 aromatic carbocycles. The quantitative estimate of drug-likeness (QED) is 0.700. The zero-order chi connectivity index (χ0) is 14.6. The first-order chi connectivity index (χ1) is 9.54. The molecule has 1 fully saturated rings. The molecule has 1 amide bonds. The molecule has 4 N–H and O–H groups in total. The number of nitrogen functional groups attached to an aromatic ring is 1. The number of carbonyl (C=O) groups excluding carboxylic acids is 1. The highest BCUT2D eigenvalue weighted by Gasteiger charge is 2.30. The summed E-state index contributed by atoms with van der Waals surface area (Å²) in [4.78, 5) is 12.2. The van der Waals surface area contributed by atoms with E-state index in [-0.39, 0.29) is 12.5 Å². The van der Waals surface area contributed by atoms with Gasteiger partial charge in [0.2, 0.25) is 0 Å². The molecule has 1 aliphatic heterocycles. The second-order valence-corrected chi connectivity index (χ2v) is 4.98. The van der Waals surface area contributed by atoms with Gasteiger partial charge in [0, 0.05) is 38.3 Å². The Labute approximate surface area is 117 Å². The number of nitrogens with two attached hydrogens (primary N) is 1. The lowest BCUT2D eigenvalue weighted by atomic mass is 9.94. The highest BCUT2D eigenvalue weighted by Crippen LogP contribution is 2.22. The molecule has 0 unspecified atom stereocenters. The molecular formula is C14H20N2O4. The third kappa shape index (κ3) is 3.40. The maximum atomic E-state index is 12.2. The van der Waals surface area contributed by atoms with E-state index in [0.717, 1.165) is 0 Å². The van der Waals surface area contributed by atoms with Crippen LogP contribution in [0.2, 0.25) is 0 Å². The van der Waals surface area contributed by atoms with Crippen molar-refractivity contribution in [3.8, 4) is 5.75 Å². The van der Waals surface area contributed by atoms with Crippen molar-refractivity contribution in [2.75, 3.05) is 32.6 Å². The van der Waals surface area contributed by atoms with Crippen LogP contribution >= 0.6 is 0 Å². The van der Waals surface area contributed by atoms with Gasteiger partial charge in [0.15, 0.2) is 0 Å². The summed E-state index contributed by atoms with van der Waals surface area (Å²) < 4.78 is 10.3. The predicted molar refractivity (Wildman–Crippen MR) is 74.7 cm³/mol. The van der Waals surface area contributed by atoms with Gasteiger partial charge >= 0.3 is 0 Å². The zero-order valence-electron chi connectivity index (χ0n) is 11.5. The molecule has 0 spiro atoms. The normalized spacial score (nSPS) is 17.5. The van der Waals surface area contributed by atoms with E-state index < -0.39 is 5.60 Å². The largest absolute Gasteiger partial charge is 0.496 e. The summed E-state index contributed by atoms with van der Waals surface area (Å²) in [6.45, 7) is 1.20. The molecule has 0 radical (unpaired) electrons. The number of amides is 1. The molecule has 0 atom stereocenters. The average molecular weight is 280 g/mol. The second-order valence-electron chi connectivity index (χ2n) is 4.98. The second kappa shape index (κ2) is 6.11. The van der Waals surface area contributed by atoms with Gasteiger partial charge in [-0.05, 0) is 18.2 Å². The third-order valence-corrected chi connectivity index (χ3v) is 3.47. The van der Waals surface area contributed by atoms with Gasteiger partial charge in [0.05, 0.1) is 18.3 Å². The number of hydrogen-bond donors (Lipinski definition) is 3. The molecule has 6 nitrogen and oxygen atoms in total. The molecule has 0 bridgehead atoms. The third-order valence-electron chi connectivity index (χ3n) is 3.47. The first-order valence-electron chi connectivity index (χ1n) is 6.56. The van der Waals surface area contributed by atoms with Crippen LogP contribution in [0.4, 0.5) is 5.69 Å². The topological polar surface area (TPSA) is 93.8 Å². The Balaban J connectivity index is 2.03. The highest BCUT2D eigenvalue weighted by atomic mass is 16.5. The Hall–Kier alpha value is -1.79. The number of aliphatic hydroxyl groups is 1. The number of ether oxygens (including phenoxy) is 2. The Morgan fingerprint density at radius 3 is 2.85 bits per heavy atom. The van der Waals surface area contributed by atoms with Gasteiger partial charge < -0.3 is 25.6 Å². The fourth-order valence-corrected chi connectivity index (χ4v) is 2.17. The van der Waals surface area contributed by atoms with E-state index in [1.807, 2.05) is 0 Å².